The van der Waals surface area contributed by atoms with Crippen LogP contribution in [0.5, 0.6) is 0 Å². The molecule has 0 saturated heterocycles. The lowest BCUT2D eigenvalue weighted by Gasteiger charge is -2.10. The van der Waals surface area contributed by atoms with Crippen LogP contribution < -0.4 is 5.73 Å². The van der Waals surface area contributed by atoms with Crippen molar-refractivity contribution >= 4 is 44.7 Å². The summed E-state index contributed by atoms with van der Waals surface area (Å²) in [5, 5.41) is 21.9. The van der Waals surface area contributed by atoms with Crippen molar-refractivity contribution in [3.63, 3.8) is 0 Å². The van der Waals surface area contributed by atoms with Gasteiger partial charge in [0.25, 0.3) is 0 Å². The quantitative estimate of drug-likeness (QED) is 0.398. The number of fused-ring (bicyclic) bond motifs is 1. The van der Waals surface area contributed by atoms with Gasteiger partial charge < -0.3 is 10.8 Å². The van der Waals surface area contributed by atoms with Crippen molar-refractivity contribution in [1.29, 1.82) is 5.26 Å². The minimum absolute atomic E-state index is 0.0174. The number of carboxylic acid groups (broad SMARTS) is 1. The van der Waals surface area contributed by atoms with E-state index < -0.39 is 5.97 Å². The second-order valence-corrected chi connectivity index (χ2v) is 7.64. The molecule has 0 saturated carbocycles. The molecule has 2 rings (SSSR count). The molecular formula is C20H20N2O2S2. The van der Waals surface area contributed by atoms with E-state index in [0.29, 0.717) is 11.3 Å². The molecule has 1 heterocycles. The highest BCUT2D eigenvalue weighted by atomic mass is 32.2. The molecule has 0 bridgehead atoms. The van der Waals surface area contributed by atoms with E-state index in [4.69, 9.17) is 10.8 Å². The zero-order chi connectivity index (χ0) is 19.1. The molecule has 0 aliphatic rings. The van der Waals surface area contributed by atoms with E-state index in [1.54, 1.807) is 11.3 Å². The maximum Gasteiger partial charge on any atom is 0.343 e. The van der Waals surface area contributed by atoms with Gasteiger partial charge in [-0.3, -0.25) is 0 Å². The number of rotatable bonds is 7. The van der Waals surface area contributed by atoms with Gasteiger partial charge in [-0.2, -0.15) is 5.26 Å². The first-order valence-corrected chi connectivity index (χ1v) is 9.91. The Hall–Kier alpha value is -2.49. The maximum atomic E-state index is 11.0. The van der Waals surface area contributed by atoms with Crippen LogP contribution in [0.15, 0.2) is 58.5 Å². The maximum absolute atomic E-state index is 11.0. The van der Waals surface area contributed by atoms with Gasteiger partial charge >= 0.3 is 5.97 Å². The number of hydrogen-bond acceptors (Lipinski definition) is 5. The van der Waals surface area contributed by atoms with Crippen LogP contribution in [0.25, 0.3) is 15.7 Å². The summed E-state index contributed by atoms with van der Waals surface area (Å²) in [4.78, 5) is 11.1. The Labute approximate surface area is 161 Å². The van der Waals surface area contributed by atoms with Crippen molar-refractivity contribution in [3.05, 3.63) is 64.0 Å². The number of benzene rings is 1. The Morgan fingerprint density at radius 1 is 1.46 bits per heavy atom. The minimum atomic E-state index is -1.03. The molecule has 0 amide bonds. The molecule has 0 radical (unpaired) electrons. The van der Waals surface area contributed by atoms with Crippen LogP contribution in [0.3, 0.4) is 0 Å². The lowest BCUT2D eigenvalue weighted by atomic mass is 9.95. The van der Waals surface area contributed by atoms with Crippen LogP contribution in [-0.2, 0) is 4.79 Å². The Balaban J connectivity index is 2.26. The van der Waals surface area contributed by atoms with Crippen molar-refractivity contribution in [2.24, 2.45) is 11.7 Å². The standard InChI is InChI=1S/C20H20N2O2S2/c1-3-15(17-12-26-18-7-5-4-6-16(17)18)14(9-21)8-13(2)11-25-19(10-22)20(23)24/h3-8,10,12-13H,11,22H2,1-2H3,(H,23,24)/b14-8-,15-3+,19-10-/t13-/m0/s1. The molecule has 1 aromatic carbocycles. The smallest absolute Gasteiger partial charge is 0.343 e. The van der Waals surface area contributed by atoms with E-state index in [-0.39, 0.29) is 10.8 Å². The number of hydrogen-bond donors (Lipinski definition) is 2. The van der Waals surface area contributed by atoms with Crippen molar-refractivity contribution in [3.8, 4) is 6.07 Å². The van der Waals surface area contributed by atoms with E-state index in [2.05, 4.69) is 23.6 Å². The number of nitriles is 1. The highest BCUT2D eigenvalue weighted by Crippen LogP contribution is 2.34. The molecule has 1 aromatic heterocycles. The van der Waals surface area contributed by atoms with Gasteiger partial charge in [-0.15, -0.1) is 23.1 Å². The number of thiophene rings is 1. The van der Waals surface area contributed by atoms with E-state index in [9.17, 15) is 10.1 Å². The first-order valence-electron chi connectivity index (χ1n) is 8.05. The van der Waals surface area contributed by atoms with Gasteiger partial charge in [-0.25, -0.2) is 4.79 Å². The third kappa shape index (κ3) is 4.57. The molecule has 6 heteroatoms. The largest absolute Gasteiger partial charge is 0.477 e. The molecule has 0 fully saturated rings. The first-order chi connectivity index (χ1) is 12.5. The SMILES string of the molecule is C/C=C(\C(C#N)=C/[C@H](C)CS/C(=C\N)C(=O)O)c1csc2ccccc12. The van der Waals surface area contributed by atoms with Gasteiger partial charge in [-0.1, -0.05) is 37.3 Å². The molecule has 3 N–H and O–H groups in total. The summed E-state index contributed by atoms with van der Waals surface area (Å²) in [6.45, 7) is 3.88. The third-order valence-electron chi connectivity index (χ3n) is 3.79. The van der Waals surface area contributed by atoms with Gasteiger partial charge in [0.2, 0.25) is 0 Å². The van der Waals surface area contributed by atoms with Crippen molar-refractivity contribution in [2.75, 3.05) is 5.75 Å². The molecule has 1 atom stereocenters. The predicted octanol–water partition coefficient (Wildman–Crippen LogP) is 5.01. The fourth-order valence-electron chi connectivity index (χ4n) is 2.56. The van der Waals surface area contributed by atoms with Gasteiger partial charge in [-0.05, 0) is 29.9 Å². The third-order valence-corrected chi connectivity index (χ3v) is 6.06. The summed E-state index contributed by atoms with van der Waals surface area (Å²) < 4.78 is 1.18. The van der Waals surface area contributed by atoms with Crippen LogP contribution >= 0.6 is 23.1 Å². The topological polar surface area (TPSA) is 87.1 Å². The number of aliphatic carboxylic acids is 1. The number of nitrogens with two attached hydrogens (primary N) is 1. The number of thioether (sulfide) groups is 1. The number of carbonyl (C=O) groups is 1. The van der Waals surface area contributed by atoms with Gasteiger partial charge in [0.05, 0.1) is 11.6 Å². The van der Waals surface area contributed by atoms with Crippen LogP contribution in [0.1, 0.15) is 19.4 Å². The summed E-state index contributed by atoms with van der Waals surface area (Å²) >= 11 is 2.83. The second kappa shape index (κ2) is 9.27. The highest BCUT2D eigenvalue weighted by molar-refractivity contribution is 8.03. The monoisotopic (exact) mass is 384 g/mol. The van der Waals surface area contributed by atoms with Crippen molar-refractivity contribution in [1.82, 2.24) is 0 Å². The number of carboxylic acids is 1. The van der Waals surface area contributed by atoms with E-state index in [0.717, 1.165) is 22.7 Å². The summed E-state index contributed by atoms with van der Waals surface area (Å²) in [7, 11) is 0. The number of nitrogens with zero attached hydrogens (tertiary/aromatic N) is 1. The first kappa shape index (κ1) is 19.8. The predicted molar refractivity (Wildman–Crippen MR) is 111 cm³/mol. The molecule has 134 valence electrons. The van der Waals surface area contributed by atoms with Gasteiger partial charge in [0, 0.05) is 27.6 Å². The Bertz CT molecular complexity index is 933. The average molecular weight is 385 g/mol. The Kier molecular flexibility index (Phi) is 7.07. The molecule has 2 aromatic rings. The van der Waals surface area contributed by atoms with Crippen LogP contribution in [0.4, 0.5) is 0 Å². The Morgan fingerprint density at radius 2 is 2.19 bits per heavy atom. The fraction of sp³-hybridized carbons (Fsp3) is 0.200. The summed E-state index contributed by atoms with van der Waals surface area (Å²) in [5.74, 6) is -0.487. The van der Waals surface area contributed by atoms with Gasteiger partial charge in [0.1, 0.15) is 4.91 Å². The molecule has 4 nitrogen and oxygen atoms in total. The average Bonchev–Trinajstić information content (AvgIpc) is 3.05. The lowest BCUT2D eigenvalue weighted by molar-refractivity contribution is -0.131. The van der Waals surface area contributed by atoms with Crippen molar-refractivity contribution < 1.29 is 9.90 Å². The molecule has 0 unspecified atom stereocenters. The molecule has 26 heavy (non-hydrogen) atoms. The molecule has 0 aliphatic heterocycles. The summed E-state index contributed by atoms with van der Waals surface area (Å²) in [6, 6.07) is 10.4. The fourth-order valence-corrected chi connectivity index (χ4v) is 4.28. The van der Waals surface area contributed by atoms with Crippen LogP contribution in [0.2, 0.25) is 0 Å². The highest BCUT2D eigenvalue weighted by Gasteiger charge is 2.14. The minimum Gasteiger partial charge on any atom is -0.477 e. The summed E-state index contributed by atoms with van der Waals surface area (Å²) in [5.41, 5.74) is 7.88. The second-order valence-electron chi connectivity index (χ2n) is 5.66. The summed E-state index contributed by atoms with van der Waals surface area (Å²) in [6.07, 6.45) is 4.94. The normalized spacial score (nSPS) is 14.3. The molecule has 0 spiro atoms. The Morgan fingerprint density at radius 3 is 2.81 bits per heavy atom. The zero-order valence-electron chi connectivity index (χ0n) is 14.6. The van der Waals surface area contributed by atoms with Crippen molar-refractivity contribution in [2.45, 2.75) is 13.8 Å². The van der Waals surface area contributed by atoms with E-state index in [1.807, 2.05) is 38.1 Å². The van der Waals surface area contributed by atoms with Crippen LogP contribution in [0, 0.1) is 17.2 Å². The van der Waals surface area contributed by atoms with E-state index in [1.165, 1.54) is 16.5 Å². The van der Waals surface area contributed by atoms with E-state index >= 15 is 0 Å². The lowest BCUT2D eigenvalue weighted by Crippen LogP contribution is -2.04. The molecular weight excluding hydrogens is 364 g/mol. The number of allylic oxidation sites excluding steroid dienone is 4. The molecule has 0 aliphatic carbocycles. The van der Waals surface area contributed by atoms with Crippen LogP contribution in [-0.4, -0.2) is 16.8 Å². The zero-order valence-corrected chi connectivity index (χ0v) is 16.2. The van der Waals surface area contributed by atoms with Gasteiger partial charge in [0.15, 0.2) is 0 Å².